The predicted octanol–water partition coefficient (Wildman–Crippen LogP) is 8.64. The molecule has 1 atom stereocenters. The molecule has 14 heteroatoms. The van der Waals surface area contributed by atoms with Crippen LogP contribution >= 0.6 is 0 Å². The third-order valence-electron chi connectivity index (χ3n) is 7.90. The van der Waals surface area contributed by atoms with Crippen molar-refractivity contribution in [3.05, 3.63) is 24.3 Å². The molecule has 0 spiro atoms. The molecule has 0 radical (unpaired) electrons. The molecule has 1 aromatic carbocycles. The highest BCUT2D eigenvalue weighted by Crippen LogP contribution is 2.54. The monoisotopic (exact) mass is 624 g/mol. The lowest BCUT2D eigenvalue weighted by atomic mass is 9.58. The second kappa shape index (κ2) is 12.9. The Bertz CT molecular complexity index is 1070. The molecule has 5 nitrogen and oxygen atoms in total. The molecule has 1 aromatic rings. The van der Waals surface area contributed by atoms with E-state index in [1.165, 1.54) is 24.3 Å². The van der Waals surface area contributed by atoms with E-state index in [0.29, 0.717) is 12.8 Å². The molecule has 0 fully saturated rings. The van der Waals surface area contributed by atoms with Crippen LogP contribution in [0.2, 0.25) is 0 Å². The first-order valence-corrected chi connectivity index (χ1v) is 13.1. The number of hydrogen-bond acceptors (Lipinski definition) is 5. The molecule has 0 saturated carbocycles. The van der Waals surface area contributed by atoms with Gasteiger partial charge in [-0.15, -0.1) is 0 Å². The largest absolute Gasteiger partial charge is 0.482 e. The van der Waals surface area contributed by atoms with Crippen LogP contribution in [0.4, 0.5) is 39.5 Å². The van der Waals surface area contributed by atoms with Gasteiger partial charge in [-0.2, -0.15) is 39.5 Å². The molecule has 0 bridgehead atoms. The molecule has 0 aliphatic carbocycles. The highest BCUT2D eigenvalue weighted by atomic mass is 19.4. The van der Waals surface area contributed by atoms with Crippen LogP contribution in [-0.4, -0.2) is 49.1 Å². The number of carbonyl (C=O) groups is 2. The summed E-state index contributed by atoms with van der Waals surface area (Å²) in [5.74, 6) is -21.3. The van der Waals surface area contributed by atoms with Crippen molar-refractivity contribution in [2.75, 3.05) is 13.2 Å². The third kappa shape index (κ3) is 8.24. The average Bonchev–Trinajstić information content (AvgIpc) is 2.86. The van der Waals surface area contributed by atoms with Gasteiger partial charge in [-0.3, -0.25) is 4.79 Å². The molecule has 0 aromatic heterocycles. The SMILES string of the molecule is CCC(C)(C)CC(C)(C(=O)Oc1ccc(OCC(=O)OCCC(F)(F)C(F)(F)C(F)(F)C(F)(F)F)cc1)C(C)(C)CC. The van der Waals surface area contributed by atoms with Crippen LogP contribution in [0.15, 0.2) is 24.3 Å². The molecule has 0 saturated heterocycles. The summed E-state index contributed by atoms with van der Waals surface area (Å²) < 4.78 is 131. The quantitative estimate of drug-likeness (QED) is 0.111. The highest BCUT2D eigenvalue weighted by molar-refractivity contribution is 5.80. The second-order valence-electron chi connectivity index (χ2n) is 11.7. The van der Waals surface area contributed by atoms with Crippen LogP contribution in [-0.2, 0) is 14.3 Å². The minimum Gasteiger partial charge on any atom is -0.482 e. The average molecular weight is 625 g/mol. The lowest BCUT2D eigenvalue weighted by molar-refractivity contribution is -0.397. The summed E-state index contributed by atoms with van der Waals surface area (Å²) in [4.78, 5) is 25.1. The Labute approximate surface area is 239 Å². The number of halogens is 9. The van der Waals surface area contributed by atoms with Crippen molar-refractivity contribution >= 4 is 11.9 Å². The predicted molar refractivity (Wildman–Crippen MR) is 135 cm³/mol. The topological polar surface area (TPSA) is 61.8 Å². The zero-order chi connectivity index (χ0) is 33.0. The number of carbonyl (C=O) groups excluding carboxylic acids is 2. The summed E-state index contributed by atoms with van der Waals surface area (Å²) in [5, 5.41) is 0. The summed E-state index contributed by atoms with van der Waals surface area (Å²) in [5.41, 5.74) is -1.39. The van der Waals surface area contributed by atoms with Gasteiger partial charge in [0, 0.05) is 0 Å². The van der Waals surface area contributed by atoms with Crippen molar-refractivity contribution in [1.82, 2.24) is 0 Å². The summed E-state index contributed by atoms with van der Waals surface area (Å²) in [6, 6.07) is 5.35. The number of benzene rings is 1. The summed E-state index contributed by atoms with van der Waals surface area (Å²) in [6.07, 6.45) is -7.13. The molecule has 0 N–H and O–H groups in total. The van der Waals surface area contributed by atoms with Crippen molar-refractivity contribution in [3.8, 4) is 11.5 Å². The first-order chi connectivity index (χ1) is 18.8. The summed E-state index contributed by atoms with van der Waals surface area (Å²) >= 11 is 0. The van der Waals surface area contributed by atoms with E-state index in [4.69, 9.17) is 9.47 Å². The van der Waals surface area contributed by atoms with Gasteiger partial charge in [0.1, 0.15) is 11.5 Å². The third-order valence-corrected chi connectivity index (χ3v) is 7.90. The lowest BCUT2D eigenvalue weighted by Crippen LogP contribution is -2.61. The van der Waals surface area contributed by atoms with E-state index >= 15 is 0 Å². The summed E-state index contributed by atoms with van der Waals surface area (Å²) in [6.45, 7) is 11.5. The molecular weight excluding hydrogens is 587 g/mol. The van der Waals surface area contributed by atoms with E-state index in [0.717, 1.165) is 6.42 Å². The molecule has 0 aliphatic heterocycles. The summed E-state index contributed by atoms with van der Waals surface area (Å²) in [7, 11) is 0. The van der Waals surface area contributed by atoms with Crippen LogP contribution in [0.25, 0.3) is 0 Å². The molecule has 0 aliphatic rings. The van der Waals surface area contributed by atoms with Crippen LogP contribution in [0.3, 0.4) is 0 Å². The first kappa shape index (κ1) is 37.4. The number of rotatable bonds is 15. The Morgan fingerprint density at radius 1 is 0.738 bits per heavy atom. The molecule has 0 amide bonds. The molecule has 42 heavy (non-hydrogen) atoms. The maximum absolute atomic E-state index is 13.5. The fourth-order valence-electron chi connectivity index (χ4n) is 3.93. The van der Waals surface area contributed by atoms with E-state index in [1.807, 2.05) is 34.6 Å². The minimum absolute atomic E-state index is 0.0252. The van der Waals surface area contributed by atoms with E-state index in [9.17, 15) is 49.1 Å². The van der Waals surface area contributed by atoms with Crippen molar-refractivity contribution in [1.29, 1.82) is 0 Å². The van der Waals surface area contributed by atoms with Crippen molar-refractivity contribution in [2.45, 2.75) is 98.1 Å². The zero-order valence-corrected chi connectivity index (χ0v) is 24.5. The van der Waals surface area contributed by atoms with Gasteiger partial charge < -0.3 is 14.2 Å². The maximum Gasteiger partial charge on any atom is 0.460 e. The normalized spacial score (nSPS) is 15.1. The van der Waals surface area contributed by atoms with Gasteiger partial charge in [0.2, 0.25) is 0 Å². The van der Waals surface area contributed by atoms with Gasteiger partial charge >= 0.3 is 35.9 Å². The van der Waals surface area contributed by atoms with E-state index in [-0.39, 0.29) is 16.9 Å². The molecule has 1 rings (SSSR count). The van der Waals surface area contributed by atoms with Gasteiger partial charge in [-0.05, 0) is 54.9 Å². The zero-order valence-electron chi connectivity index (χ0n) is 24.5. The molecule has 0 heterocycles. The molecule has 242 valence electrons. The highest BCUT2D eigenvalue weighted by Gasteiger charge is 2.81. The van der Waals surface area contributed by atoms with Gasteiger partial charge in [-0.25, -0.2) is 4.79 Å². The van der Waals surface area contributed by atoms with Crippen molar-refractivity contribution < 1.29 is 63.3 Å². The van der Waals surface area contributed by atoms with E-state index in [2.05, 4.69) is 18.6 Å². The lowest BCUT2D eigenvalue weighted by Gasteiger charge is -2.45. The Morgan fingerprint density at radius 3 is 1.69 bits per heavy atom. The molecule has 1 unspecified atom stereocenters. The fourth-order valence-corrected chi connectivity index (χ4v) is 3.93. The van der Waals surface area contributed by atoms with Crippen LogP contribution in [0.5, 0.6) is 11.5 Å². The number of alkyl halides is 9. The van der Waals surface area contributed by atoms with Gasteiger partial charge in [0.05, 0.1) is 18.4 Å². The Morgan fingerprint density at radius 2 is 1.24 bits per heavy atom. The Kier molecular flexibility index (Phi) is 11.5. The van der Waals surface area contributed by atoms with E-state index < -0.39 is 66.3 Å². The maximum atomic E-state index is 13.5. The minimum atomic E-state index is -7.02. The number of ether oxygens (including phenoxy) is 3. The van der Waals surface area contributed by atoms with Crippen LogP contribution in [0.1, 0.15) is 74.1 Å². The smallest absolute Gasteiger partial charge is 0.460 e. The second-order valence-corrected chi connectivity index (χ2v) is 11.7. The standard InChI is InChI=1S/C28H37F9O5/c1-8-22(3,4)17-24(7,23(5,6)9-2)21(39)42-19-12-10-18(11-13-19)41-16-20(38)40-15-14-25(29,30)26(31,32)27(33,34)28(35,36)37/h10-13H,8-9,14-17H2,1-7H3. The first-order valence-electron chi connectivity index (χ1n) is 13.1. The van der Waals surface area contributed by atoms with Crippen LogP contribution < -0.4 is 9.47 Å². The van der Waals surface area contributed by atoms with E-state index in [1.54, 1.807) is 0 Å². The van der Waals surface area contributed by atoms with Gasteiger partial charge in [0.15, 0.2) is 6.61 Å². The number of esters is 2. The fraction of sp³-hybridized carbons (Fsp3) is 0.714. The van der Waals surface area contributed by atoms with Crippen molar-refractivity contribution in [2.24, 2.45) is 16.2 Å². The van der Waals surface area contributed by atoms with Gasteiger partial charge in [-0.1, -0.05) is 48.0 Å². The number of hydrogen-bond donors (Lipinski definition) is 0. The Hall–Kier alpha value is -2.67. The Balaban J connectivity index is 2.77. The van der Waals surface area contributed by atoms with Gasteiger partial charge in [0.25, 0.3) is 0 Å². The molecular formula is C28H37F9O5. The van der Waals surface area contributed by atoms with Crippen LogP contribution in [0, 0.1) is 16.2 Å². The van der Waals surface area contributed by atoms with Crippen molar-refractivity contribution in [3.63, 3.8) is 0 Å².